The molecule has 200 valence electrons. The van der Waals surface area contributed by atoms with E-state index < -0.39 is 0 Å². The van der Waals surface area contributed by atoms with Crippen molar-refractivity contribution in [3.8, 4) is 33.4 Å². The molecule has 0 aliphatic rings. The molecule has 7 aromatic rings. The highest BCUT2D eigenvalue weighted by atomic mass is 15.1. The second-order valence-electron chi connectivity index (χ2n) is 10.7. The van der Waals surface area contributed by atoms with Crippen LogP contribution in [-0.4, -0.2) is 0 Å². The van der Waals surface area contributed by atoms with Crippen molar-refractivity contribution < 1.29 is 0 Å². The fourth-order valence-corrected chi connectivity index (χ4v) is 5.70. The van der Waals surface area contributed by atoms with Crippen LogP contribution < -0.4 is 4.90 Å². The number of hydrogen-bond donors (Lipinski definition) is 0. The molecule has 0 fully saturated rings. The number of anilines is 3. The van der Waals surface area contributed by atoms with Gasteiger partial charge in [-0.3, -0.25) is 0 Å². The van der Waals surface area contributed by atoms with Crippen LogP contribution in [0, 0.1) is 6.92 Å². The zero-order valence-corrected chi connectivity index (χ0v) is 23.6. The van der Waals surface area contributed by atoms with E-state index in [0.29, 0.717) is 0 Å². The summed E-state index contributed by atoms with van der Waals surface area (Å²) in [4.78, 5) is 2.33. The molecule has 42 heavy (non-hydrogen) atoms. The molecule has 1 nitrogen and oxygen atoms in total. The highest BCUT2D eigenvalue weighted by Crippen LogP contribution is 2.38. The van der Waals surface area contributed by atoms with Gasteiger partial charge in [0.05, 0.1) is 0 Å². The average molecular weight is 538 g/mol. The molecule has 0 unspecified atom stereocenters. The van der Waals surface area contributed by atoms with E-state index in [9.17, 15) is 0 Å². The second-order valence-corrected chi connectivity index (χ2v) is 10.7. The Kier molecular flexibility index (Phi) is 6.84. The third-order valence-electron chi connectivity index (χ3n) is 7.97. The maximum Gasteiger partial charge on any atom is 0.0462 e. The molecule has 0 bridgehead atoms. The van der Waals surface area contributed by atoms with Crippen molar-refractivity contribution in [2.75, 3.05) is 4.90 Å². The van der Waals surface area contributed by atoms with Crippen molar-refractivity contribution in [3.63, 3.8) is 0 Å². The van der Waals surface area contributed by atoms with Gasteiger partial charge in [0.25, 0.3) is 0 Å². The van der Waals surface area contributed by atoms with Gasteiger partial charge < -0.3 is 4.90 Å². The van der Waals surface area contributed by atoms with E-state index in [-0.39, 0.29) is 0 Å². The standard InChI is InChI=1S/C41H31N/c1-30-14-16-32(17-15-30)34-20-26-38(27-21-34)42(37-24-18-33(19-25-37)31-8-3-2-4-9-31)39-28-22-36(23-29-39)41-13-7-11-35-10-5-6-12-40(35)41/h2-29H,1H3. The highest BCUT2D eigenvalue weighted by molar-refractivity contribution is 5.97. The molecular weight excluding hydrogens is 506 g/mol. The summed E-state index contributed by atoms with van der Waals surface area (Å²) in [6, 6.07) is 61.0. The molecule has 0 N–H and O–H groups in total. The fraction of sp³-hybridized carbons (Fsp3) is 0.0244. The van der Waals surface area contributed by atoms with E-state index >= 15 is 0 Å². The lowest BCUT2D eigenvalue weighted by Gasteiger charge is -2.26. The molecule has 0 saturated heterocycles. The van der Waals surface area contributed by atoms with Crippen molar-refractivity contribution >= 4 is 27.8 Å². The lowest BCUT2D eigenvalue weighted by atomic mass is 9.98. The molecular formula is C41H31N. The molecule has 0 heterocycles. The first-order valence-corrected chi connectivity index (χ1v) is 14.4. The van der Waals surface area contributed by atoms with Gasteiger partial charge in [-0.05, 0) is 87.5 Å². The quantitative estimate of drug-likeness (QED) is 0.204. The van der Waals surface area contributed by atoms with Gasteiger partial charge in [0.2, 0.25) is 0 Å². The summed E-state index contributed by atoms with van der Waals surface area (Å²) >= 11 is 0. The van der Waals surface area contributed by atoms with Crippen molar-refractivity contribution in [2.45, 2.75) is 6.92 Å². The van der Waals surface area contributed by atoms with Crippen LogP contribution in [0.4, 0.5) is 17.1 Å². The Bertz CT molecular complexity index is 1930. The minimum atomic E-state index is 1.12. The van der Waals surface area contributed by atoms with Gasteiger partial charge in [0.15, 0.2) is 0 Å². The summed E-state index contributed by atoms with van der Waals surface area (Å²) in [6.45, 7) is 2.12. The molecule has 0 atom stereocenters. The Morgan fingerprint density at radius 3 is 1.33 bits per heavy atom. The van der Waals surface area contributed by atoms with Crippen LogP contribution >= 0.6 is 0 Å². The van der Waals surface area contributed by atoms with Crippen molar-refractivity contribution in [3.05, 3.63) is 175 Å². The van der Waals surface area contributed by atoms with Gasteiger partial charge in [-0.1, -0.05) is 139 Å². The molecule has 0 aromatic heterocycles. The van der Waals surface area contributed by atoms with Crippen molar-refractivity contribution in [1.29, 1.82) is 0 Å². The molecule has 0 radical (unpaired) electrons. The Hall–Kier alpha value is -5.40. The van der Waals surface area contributed by atoms with Crippen LogP contribution in [0.3, 0.4) is 0 Å². The van der Waals surface area contributed by atoms with Crippen LogP contribution in [0.15, 0.2) is 170 Å². The lowest BCUT2D eigenvalue weighted by Crippen LogP contribution is -2.09. The molecule has 0 aliphatic carbocycles. The van der Waals surface area contributed by atoms with Gasteiger partial charge >= 0.3 is 0 Å². The van der Waals surface area contributed by atoms with Gasteiger partial charge in [-0.25, -0.2) is 0 Å². The first kappa shape index (κ1) is 25.6. The summed E-state index contributed by atoms with van der Waals surface area (Å²) in [7, 11) is 0. The molecule has 0 saturated carbocycles. The third-order valence-corrected chi connectivity index (χ3v) is 7.97. The smallest absolute Gasteiger partial charge is 0.0462 e. The number of rotatable bonds is 6. The maximum atomic E-state index is 2.33. The predicted molar refractivity (Wildman–Crippen MR) is 180 cm³/mol. The number of nitrogens with zero attached hydrogens (tertiary/aromatic N) is 1. The Morgan fingerprint density at radius 1 is 0.333 bits per heavy atom. The van der Waals surface area contributed by atoms with Crippen LogP contribution in [0.1, 0.15) is 5.56 Å². The minimum absolute atomic E-state index is 1.12. The number of benzene rings is 7. The molecule has 7 rings (SSSR count). The van der Waals surface area contributed by atoms with E-state index in [1.165, 1.54) is 49.7 Å². The second kappa shape index (κ2) is 11.2. The predicted octanol–water partition coefficient (Wildman–Crippen LogP) is 11.6. The first-order chi connectivity index (χ1) is 20.7. The number of hydrogen-bond acceptors (Lipinski definition) is 1. The molecule has 1 heteroatoms. The van der Waals surface area contributed by atoms with E-state index in [0.717, 1.165) is 17.1 Å². The first-order valence-electron chi connectivity index (χ1n) is 14.4. The number of aryl methyl sites for hydroxylation is 1. The normalized spacial score (nSPS) is 11.0. The van der Waals surface area contributed by atoms with E-state index in [2.05, 4.69) is 182 Å². The van der Waals surface area contributed by atoms with E-state index in [4.69, 9.17) is 0 Å². The summed E-state index contributed by atoms with van der Waals surface area (Å²) in [5, 5.41) is 2.53. The molecule has 0 amide bonds. The lowest BCUT2D eigenvalue weighted by molar-refractivity contribution is 1.28. The summed E-state index contributed by atoms with van der Waals surface area (Å²) in [5.74, 6) is 0. The maximum absolute atomic E-state index is 2.33. The summed E-state index contributed by atoms with van der Waals surface area (Å²) < 4.78 is 0. The molecule has 7 aromatic carbocycles. The monoisotopic (exact) mass is 537 g/mol. The van der Waals surface area contributed by atoms with Gasteiger partial charge in [-0.2, -0.15) is 0 Å². The Labute approximate surface area is 248 Å². The topological polar surface area (TPSA) is 3.24 Å². The van der Waals surface area contributed by atoms with Gasteiger partial charge in [0.1, 0.15) is 0 Å². The third kappa shape index (κ3) is 5.09. The van der Waals surface area contributed by atoms with Crippen LogP contribution in [0.5, 0.6) is 0 Å². The Morgan fingerprint density at radius 2 is 0.762 bits per heavy atom. The highest BCUT2D eigenvalue weighted by Gasteiger charge is 2.14. The van der Waals surface area contributed by atoms with Crippen molar-refractivity contribution in [2.24, 2.45) is 0 Å². The van der Waals surface area contributed by atoms with Crippen molar-refractivity contribution in [1.82, 2.24) is 0 Å². The largest absolute Gasteiger partial charge is 0.311 e. The SMILES string of the molecule is Cc1ccc(-c2ccc(N(c3ccc(-c4ccccc4)cc3)c3ccc(-c4cccc5ccccc45)cc3)cc2)cc1. The zero-order chi connectivity index (χ0) is 28.3. The van der Waals surface area contributed by atoms with Crippen LogP contribution in [0.25, 0.3) is 44.2 Å². The van der Waals surface area contributed by atoms with Gasteiger partial charge in [0, 0.05) is 17.1 Å². The minimum Gasteiger partial charge on any atom is -0.311 e. The fourth-order valence-electron chi connectivity index (χ4n) is 5.70. The van der Waals surface area contributed by atoms with Crippen LogP contribution in [-0.2, 0) is 0 Å². The summed E-state index contributed by atoms with van der Waals surface area (Å²) in [6.07, 6.45) is 0. The Balaban J connectivity index is 1.28. The van der Waals surface area contributed by atoms with E-state index in [1.807, 2.05) is 0 Å². The summed E-state index contributed by atoms with van der Waals surface area (Å²) in [5.41, 5.74) is 12.0. The number of fused-ring (bicyclic) bond motifs is 1. The molecule has 0 aliphatic heterocycles. The average Bonchev–Trinajstić information content (AvgIpc) is 3.06. The van der Waals surface area contributed by atoms with Gasteiger partial charge in [-0.15, -0.1) is 0 Å². The zero-order valence-electron chi connectivity index (χ0n) is 23.6. The van der Waals surface area contributed by atoms with E-state index in [1.54, 1.807) is 0 Å². The molecule has 0 spiro atoms. The van der Waals surface area contributed by atoms with Crippen LogP contribution in [0.2, 0.25) is 0 Å².